The number of rotatable bonds is 7. The highest BCUT2D eigenvalue weighted by Crippen LogP contribution is 2.59. The molecule has 0 amide bonds. The minimum Gasteiger partial charge on any atom is -0.354 e. The van der Waals surface area contributed by atoms with Gasteiger partial charge in [0.25, 0.3) is 0 Å². The highest BCUT2D eigenvalue weighted by molar-refractivity contribution is 7.98. The van der Waals surface area contributed by atoms with Crippen molar-refractivity contribution in [2.24, 2.45) is 0 Å². The Hall–Kier alpha value is -2.74. The SMILES string of the molecule is Fc1ccc([C@@]2(Cn3ncnc3SCc3ccccc3)O[C@@H]2c2ccccc2Cl)c(F)c1. The van der Waals surface area contributed by atoms with Gasteiger partial charge in [0.2, 0.25) is 0 Å². The Balaban J connectivity index is 1.47. The van der Waals surface area contributed by atoms with Crippen molar-refractivity contribution >= 4 is 23.4 Å². The standard InChI is InChI=1S/C24H18ClF2N3OS/c25-20-9-5-4-8-18(20)22-24(31-22,19-11-10-17(26)12-21(19)27)14-30-23(28-15-29-30)32-13-16-6-2-1-3-7-16/h1-12,15,22H,13-14H2/t22-,24-/m1/s1. The fourth-order valence-corrected chi connectivity index (χ4v) is 4.95. The molecule has 2 heterocycles. The summed E-state index contributed by atoms with van der Waals surface area (Å²) in [5.41, 5.74) is 1.09. The molecule has 1 fully saturated rings. The minimum atomic E-state index is -1.07. The highest BCUT2D eigenvalue weighted by Gasteiger charge is 2.61. The molecule has 0 radical (unpaired) electrons. The zero-order valence-electron chi connectivity index (χ0n) is 16.8. The zero-order chi connectivity index (χ0) is 22.1. The van der Waals surface area contributed by atoms with E-state index in [1.807, 2.05) is 48.5 Å². The summed E-state index contributed by atoms with van der Waals surface area (Å²) in [6, 6.07) is 20.8. The van der Waals surface area contributed by atoms with Crippen LogP contribution in [-0.2, 0) is 22.6 Å². The van der Waals surface area contributed by atoms with Gasteiger partial charge in [-0.25, -0.2) is 18.4 Å². The maximum absolute atomic E-state index is 14.9. The molecule has 0 aliphatic carbocycles. The van der Waals surface area contributed by atoms with E-state index in [1.165, 1.54) is 30.2 Å². The monoisotopic (exact) mass is 469 g/mol. The average molecular weight is 470 g/mol. The lowest BCUT2D eigenvalue weighted by atomic mass is 9.91. The summed E-state index contributed by atoms with van der Waals surface area (Å²) in [7, 11) is 0. The average Bonchev–Trinajstić information content (AvgIpc) is 3.32. The Morgan fingerprint density at radius 1 is 1.03 bits per heavy atom. The first-order valence-corrected chi connectivity index (χ1v) is 11.4. The Morgan fingerprint density at radius 2 is 1.81 bits per heavy atom. The third-order valence-electron chi connectivity index (χ3n) is 5.44. The summed E-state index contributed by atoms with van der Waals surface area (Å²) >= 11 is 7.93. The molecule has 5 rings (SSSR count). The number of benzene rings is 3. The topological polar surface area (TPSA) is 43.2 Å². The molecule has 0 bridgehead atoms. The molecular weight excluding hydrogens is 452 g/mol. The summed E-state index contributed by atoms with van der Waals surface area (Å²) in [5, 5.41) is 5.56. The van der Waals surface area contributed by atoms with Crippen molar-refractivity contribution in [1.29, 1.82) is 0 Å². The lowest BCUT2D eigenvalue weighted by molar-refractivity contribution is 0.250. The van der Waals surface area contributed by atoms with Crippen molar-refractivity contribution in [2.45, 2.75) is 29.2 Å². The van der Waals surface area contributed by atoms with E-state index in [2.05, 4.69) is 10.1 Å². The molecule has 1 aromatic heterocycles. The van der Waals surface area contributed by atoms with Gasteiger partial charge in [-0.1, -0.05) is 78.0 Å². The number of nitrogens with zero attached hydrogens (tertiary/aromatic N) is 3. The third-order valence-corrected chi connectivity index (χ3v) is 6.84. The van der Waals surface area contributed by atoms with Crippen molar-refractivity contribution < 1.29 is 13.5 Å². The maximum atomic E-state index is 14.9. The predicted octanol–water partition coefficient (Wildman–Crippen LogP) is 6.17. The number of halogens is 3. The van der Waals surface area contributed by atoms with Crippen LogP contribution in [0, 0.1) is 11.6 Å². The molecule has 32 heavy (non-hydrogen) atoms. The van der Waals surface area contributed by atoms with E-state index in [9.17, 15) is 8.78 Å². The van der Waals surface area contributed by atoms with E-state index >= 15 is 0 Å². The second-order valence-electron chi connectivity index (χ2n) is 7.51. The van der Waals surface area contributed by atoms with Crippen molar-refractivity contribution in [3.8, 4) is 0 Å². The zero-order valence-corrected chi connectivity index (χ0v) is 18.4. The van der Waals surface area contributed by atoms with E-state index in [0.717, 1.165) is 17.2 Å². The Labute approximate surface area is 193 Å². The first-order chi connectivity index (χ1) is 15.6. The number of hydrogen-bond acceptors (Lipinski definition) is 4. The second kappa shape index (κ2) is 8.65. The molecule has 162 valence electrons. The molecule has 8 heteroatoms. The molecule has 1 saturated heterocycles. The van der Waals surface area contributed by atoms with Crippen LogP contribution in [0.5, 0.6) is 0 Å². The first kappa shape index (κ1) is 21.1. The van der Waals surface area contributed by atoms with Gasteiger partial charge in [0, 0.05) is 28.0 Å². The Bertz CT molecular complexity index is 1250. The smallest absolute Gasteiger partial charge is 0.186 e. The van der Waals surface area contributed by atoms with Gasteiger partial charge in [0.15, 0.2) is 5.16 Å². The van der Waals surface area contributed by atoms with Crippen molar-refractivity contribution in [1.82, 2.24) is 14.8 Å². The third kappa shape index (κ3) is 4.03. The molecule has 0 saturated carbocycles. The lowest BCUT2D eigenvalue weighted by Gasteiger charge is -2.16. The van der Waals surface area contributed by atoms with Crippen LogP contribution in [0.15, 0.2) is 84.3 Å². The highest BCUT2D eigenvalue weighted by atomic mass is 35.5. The van der Waals surface area contributed by atoms with Crippen LogP contribution >= 0.6 is 23.4 Å². The number of hydrogen-bond donors (Lipinski definition) is 0. The number of aromatic nitrogens is 3. The molecule has 0 unspecified atom stereocenters. The van der Waals surface area contributed by atoms with Gasteiger partial charge in [-0.2, -0.15) is 5.10 Å². The van der Waals surface area contributed by atoms with E-state index in [0.29, 0.717) is 15.9 Å². The fraction of sp³-hybridized carbons (Fsp3) is 0.167. The Kier molecular flexibility index (Phi) is 5.71. The van der Waals surface area contributed by atoms with Gasteiger partial charge in [-0.15, -0.1) is 0 Å². The van der Waals surface area contributed by atoms with Crippen molar-refractivity contribution in [3.05, 3.63) is 112 Å². The molecule has 4 aromatic rings. The van der Waals surface area contributed by atoms with Gasteiger partial charge in [-0.05, 0) is 17.7 Å². The van der Waals surface area contributed by atoms with Gasteiger partial charge >= 0.3 is 0 Å². The minimum absolute atomic E-state index is 0.211. The number of thioether (sulfide) groups is 1. The summed E-state index contributed by atoms with van der Waals surface area (Å²) in [5.74, 6) is -0.596. The fourth-order valence-electron chi connectivity index (χ4n) is 3.84. The molecule has 1 aliphatic rings. The summed E-state index contributed by atoms with van der Waals surface area (Å²) in [6.45, 7) is 0.211. The van der Waals surface area contributed by atoms with Crippen molar-refractivity contribution in [2.75, 3.05) is 0 Å². The van der Waals surface area contributed by atoms with Crippen LogP contribution in [0.4, 0.5) is 8.78 Å². The largest absolute Gasteiger partial charge is 0.354 e. The van der Waals surface area contributed by atoms with Gasteiger partial charge in [0.1, 0.15) is 29.7 Å². The molecule has 3 aromatic carbocycles. The number of ether oxygens (including phenoxy) is 1. The van der Waals surface area contributed by atoms with Gasteiger partial charge in [0.05, 0.1) is 6.54 Å². The van der Waals surface area contributed by atoms with Crippen LogP contribution in [0.25, 0.3) is 0 Å². The van der Waals surface area contributed by atoms with E-state index in [4.69, 9.17) is 16.3 Å². The van der Waals surface area contributed by atoms with Crippen molar-refractivity contribution in [3.63, 3.8) is 0 Å². The summed E-state index contributed by atoms with van der Waals surface area (Å²) in [4.78, 5) is 4.37. The van der Waals surface area contributed by atoms with Crippen LogP contribution in [-0.4, -0.2) is 14.8 Å². The van der Waals surface area contributed by atoms with Crippen LogP contribution in [0.3, 0.4) is 0 Å². The molecule has 0 N–H and O–H groups in total. The van der Waals surface area contributed by atoms with E-state index in [1.54, 1.807) is 10.7 Å². The Morgan fingerprint density at radius 3 is 2.59 bits per heavy atom. The maximum Gasteiger partial charge on any atom is 0.186 e. The quantitative estimate of drug-likeness (QED) is 0.240. The van der Waals surface area contributed by atoms with Gasteiger partial charge in [-0.3, -0.25) is 0 Å². The van der Waals surface area contributed by atoms with Crippen LogP contribution < -0.4 is 0 Å². The number of epoxide rings is 1. The van der Waals surface area contributed by atoms with E-state index in [-0.39, 0.29) is 12.1 Å². The molecule has 4 nitrogen and oxygen atoms in total. The normalized spacial score (nSPS) is 19.8. The molecular formula is C24H18ClF2N3OS. The summed E-state index contributed by atoms with van der Waals surface area (Å²) in [6.07, 6.45) is 0.974. The van der Waals surface area contributed by atoms with E-state index < -0.39 is 23.3 Å². The van der Waals surface area contributed by atoms with Crippen LogP contribution in [0.2, 0.25) is 5.02 Å². The molecule has 0 spiro atoms. The molecule has 1 aliphatic heterocycles. The first-order valence-electron chi connectivity index (χ1n) is 9.99. The lowest BCUT2D eigenvalue weighted by Crippen LogP contribution is -2.22. The van der Waals surface area contributed by atoms with Gasteiger partial charge < -0.3 is 4.74 Å². The summed E-state index contributed by atoms with van der Waals surface area (Å²) < 4.78 is 36.3. The van der Waals surface area contributed by atoms with Crippen LogP contribution in [0.1, 0.15) is 22.8 Å². The second-order valence-corrected chi connectivity index (χ2v) is 8.86. The molecule has 2 atom stereocenters. The predicted molar refractivity (Wildman–Crippen MR) is 119 cm³/mol.